The molecular weight excluding hydrogens is 450 g/mol. The predicted molar refractivity (Wildman–Crippen MR) is 152 cm³/mol. The Balaban J connectivity index is 3.53. The average molecular weight is 509 g/mol. The van der Waals surface area contributed by atoms with Crippen molar-refractivity contribution in [3.8, 4) is 0 Å². The van der Waals surface area contributed by atoms with E-state index in [1.54, 1.807) is 0 Å². The highest BCUT2D eigenvalue weighted by Gasteiger charge is 2.24. The second kappa shape index (κ2) is 23.8. The van der Waals surface area contributed by atoms with Crippen LogP contribution in [-0.2, 0) is 14.3 Å². The van der Waals surface area contributed by atoms with E-state index in [0.717, 1.165) is 25.7 Å². The van der Waals surface area contributed by atoms with Crippen molar-refractivity contribution in [2.45, 2.75) is 135 Å². The second-order valence-corrected chi connectivity index (χ2v) is 11.3. The number of hydrogen-bond donors (Lipinski definition) is 1. The molecule has 5 heteroatoms. The van der Waals surface area contributed by atoms with Crippen molar-refractivity contribution in [1.29, 1.82) is 0 Å². The SMILES string of the molecule is CCCCCCC/C=C/C/C=C/CCCCCCCCCCCC(=O)OC(CC(=O)O)C[N+](C)(C)C. The lowest BCUT2D eigenvalue weighted by Gasteiger charge is -2.28. The zero-order valence-corrected chi connectivity index (χ0v) is 24.1. The molecule has 0 aliphatic rings. The third-order valence-corrected chi connectivity index (χ3v) is 6.28. The van der Waals surface area contributed by atoms with Gasteiger partial charge in [0.15, 0.2) is 6.10 Å². The number of esters is 1. The van der Waals surface area contributed by atoms with Gasteiger partial charge in [-0.25, -0.2) is 0 Å². The molecule has 1 atom stereocenters. The highest BCUT2D eigenvalue weighted by Crippen LogP contribution is 2.13. The molecule has 0 aromatic carbocycles. The third kappa shape index (κ3) is 27.0. The lowest BCUT2D eigenvalue weighted by atomic mass is 10.1. The Hall–Kier alpha value is -1.62. The summed E-state index contributed by atoms with van der Waals surface area (Å²) in [5.74, 6) is -1.19. The van der Waals surface area contributed by atoms with Crippen molar-refractivity contribution in [3.05, 3.63) is 24.3 Å². The van der Waals surface area contributed by atoms with Gasteiger partial charge in [0.1, 0.15) is 6.54 Å². The molecule has 0 radical (unpaired) electrons. The van der Waals surface area contributed by atoms with Crippen LogP contribution in [0.25, 0.3) is 0 Å². The molecule has 0 saturated heterocycles. The normalized spacial score (nSPS) is 13.0. The van der Waals surface area contributed by atoms with Gasteiger partial charge in [-0.15, -0.1) is 0 Å². The first kappa shape index (κ1) is 34.4. The summed E-state index contributed by atoms with van der Waals surface area (Å²) in [4.78, 5) is 23.1. The van der Waals surface area contributed by atoms with Gasteiger partial charge in [-0.1, -0.05) is 102 Å². The number of hydrogen-bond acceptors (Lipinski definition) is 3. The molecular formula is C31H58NO4+. The van der Waals surface area contributed by atoms with Gasteiger partial charge in [-0.05, 0) is 38.5 Å². The number of nitrogens with zero attached hydrogens (tertiary/aromatic N) is 1. The second-order valence-electron chi connectivity index (χ2n) is 11.3. The van der Waals surface area contributed by atoms with Crippen molar-refractivity contribution >= 4 is 11.9 Å². The Bertz CT molecular complexity index is 592. The molecule has 0 rings (SSSR count). The first-order valence-corrected chi connectivity index (χ1v) is 14.8. The lowest BCUT2D eigenvalue weighted by molar-refractivity contribution is -0.873. The molecule has 210 valence electrons. The zero-order chi connectivity index (χ0) is 26.9. The number of allylic oxidation sites excluding steroid dienone is 4. The maximum Gasteiger partial charge on any atom is 0.307 e. The quantitative estimate of drug-likeness (QED) is 0.0584. The molecule has 1 N–H and O–H groups in total. The van der Waals surface area contributed by atoms with Gasteiger partial charge in [0.05, 0.1) is 27.6 Å². The van der Waals surface area contributed by atoms with E-state index in [9.17, 15) is 9.59 Å². The Morgan fingerprint density at radius 2 is 1.19 bits per heavy atom. The molecule has 0 aromatic heterocycles. The Morgan fingerprint density at radius 1 is 0.722 bits per heavy atom. The first-order valence-electron chi connectivity index (χ1n) is 14.8. The van der Waals surface area contributed by atoms with Crippen molar-refractivity contribution in [1.82, 2.24) is 0 Å². The van der Waals surface area contributed by atoms with E-state index in [1.165, 1.54) is 83.5 Å². The summed E-state index contributed by atoms with van der Waals surface area (Å²) >= 11 is 0. The third-order valence-electron chi connectivity index (χ3n) is 6.28. The van der Waals surface area contributed by atoms with E-state index in [0.29, 0.717) is 17.4 Å². The van der Waals surface area contributed by atoms with Crippen molar-refractivity contribution in [3.63, 3.8) is 0 Å². The number of carbonyl (C=O) groups excluding carboxylic acids is 1. The minimum atomic E-state index is -0.927. The fraction of sp³-hybridized carbons (Fsp3) is 0.806. The first-order chi connectivity index (χ1) is 17.2. The minimum Gasteiger partial charge on any atom is -0.481 e. The van der Waals surface area contributed by atoms with Gasteiger partial charge < -0.3 is 14.3 Å². The molecule has 0 fully saturated rings. The maximum absolute atomic E-state index is 12.1. The summed E-state index contributed by atoms with van der Waals surface area (Å²) in [6.45, 7) is 2.77. The number of carbonyl (C=O) groups is 2. The molecule has 36 heavy (non-hydrogen) atoms. The summed E-state index contributed by atoms with van der Waals surface area (Å²) in [5, 5.41) is 9.05. The average Bonchev–Trinajstić information content (AvgIpc) is 2.78. The molecule has 0 saturated carbocycles. The zero-order valence-electron chi connectivity index (χ0n) is 24.1. The van der Waals surface area contributed by atoms with Crippen LogP contribution in [-0.4, -0.2) is 55.3 Å². The molecule has 0 amide bonds. The van der Waals surface area contributed by atoms with Crippen LogP contribution in [0.15, 0.2) is 24.3 Å². The van der Waals surface area contributed by atoms with Crippen LogP contribution in [0.3, 0.4) is 0 Å². The highest BCUT2D eigenvalue weighted by molar-refractivity contribution is 5.71. The van der Waals surface area contributed by atoms with Crippen LogP contribution in [0.1, 0.15) is 129 Å². The number of rotatable bonds is 25. The van der Waals surface area contributed by atoms with Gasteiger partial charge >= 0.3 is 11.9 Å². The summed E-state index contributed by atoms with van der Waals surface area (Å²) < 4.78 is 6.01. The topological polar surface area (TPSA) is 63.6 Å². The van der Waals surface area contributed by atoms with Gasteiger partial charge in [0.2, 0.25) is 0 Å². The van der Waals surface area contributed by atoms with E-state index in [4.69, 9.17) is 9.84 Å². The van der Waals surface area contributed by atoms with Crippen LogP contribution in [0.4, 0.5) is 0 Å². The Morgan fingerprint density at radius 3 is 1.67 bits per heavy atom. The molecule has 0 aliphatic heterocycles. The molecule has 0 aliphatic carbocycles. The number of carboxylic acid groups (broad SMARTS) is 1. The largest absolute Gasteiger partial charge is 0.481 e. The highest BCUT2D eigenvalue weighted by atomic mass is 16.5. The molecule has 0 spiro atoms. The molecule has 1 unspecified atom stereocenters. The predicted octanol–water partition coefficient (Wildman–Crippen LogP) is 8.23. The van der Waals surface area contributed by atoms with Crippen molar-refractivity contribution in [2.24, 2.45) is 0 Å². The standard InChI is InChI=1S/C31H57NO4/c1-5-6-7-8-9-10-11-12-13-14-15-16-17-18-19-20-21-22-23-24-25-26-31(35)36-29(27-30(33)34)28-32(2,3)4/h11-12,14-15,29H,5-10,13,16-28H2,1-4H3/p+1/b12-11+,15-14+. The van der Waals surface area contributed by atoms with Gasteiger partial charge in [-0.2, -0.15) is 0 Å². The van der Waals surface area contributed by atoms with Gasteiger partial charge in [0, 0.05) is 6.42 Å². The van der Waals surface area contributed by atoms with Gasteiger partial charge in [0.25, 0.3) is 0 Å². The fourth-order valence-electron chi connectivity index (χ4n) is 4.34. The summed E-state index contributed by atoms with van der Waals surface area (Å²) in [6.07, 6.45) is 30.0. The number of aliphatic carboxylic acids is 1. The van der Waals surface area contributed by atoms with Crippen LogP contribution in [0.2, 0.25) is 0 Å². The molecule has 0 aromatic rings. The fourth-order valence-corrected chi connectivity index (χ4v) is 4.34. The van der Waals surface area contributed by atoms with E-state index in [-0.39, 0.29) is 12.4 Å². The van der Waals surface area contributed by atoms with E-state index >= 15 is 0 Å². The minimum absolute atomic E-state index is 0.131. The number of carboxylic acids is 1. The lowest BCUT2D eigenvalue weighted by Crippen LogP contribution is -2.43. The monoisotopic (exact) mass is 508 g/mol. The van der Waals surface area contributed by atoms with E-state index in [2.05, 4.69) is 31.2 Å². The van der Waals surface area contributed by atoms with Crippen molar-refractivity contribution < 1.29 is 23.9 Å². The Kier molecular flexibility index (Phi) is 22.7. The number of ether oxygens (including phenoxy) is 1. The number of quaternary nitrogens is 1. The van der Waals surface area contributed by atoms with Crippen molar-refractivity contribution in [2.75, 3.05) is 27.7 Å². The van der Waals surface area contributed by atoms with E-state index in [1.807, 2.05) is 21.1 Å². The number of likely N-dealkylation sites (N-methyl/N-ethyl adjacent to an activating group) is 1. The van der Waals surface area contributed by atoms with Crippen LogP contribution < -0.4 is 0 Å². The molecule has 0 bridgehead atoms. The Labute approximate surface area is 223 Å². The summed E-state index contributed by atoms with van der Waals surface area (Å²) in [6, 6.07) is 0. The summed E-state index contributed by atoms with van der Waals surface area (Å²) in [5.41, 5.74) is 0. The maximum atomic E-state index is 12.1. The summed E-state index contributed by atoms with van der Waals surface area (Å²) in [7, 11) is 5.91. The molecule has 0 heterocycles. The molecule has 5 nitrogen and oxygen atoms in total. The van der Waals surface area contributed by atoms with Crippen LogP contribution in [0.5, 0.6) is 0 Å². The van der Waals surface area contributed by atoms with Crippen LogP contribution in [0, 0.1) is 0 Å². The van der Waals surface area contributed by atoms with Crippen LogP contribution >= 0.6 is 0 Å². The number of unbranched alkanes of at least 4 members (excludes halogenated alkanes) is 14. The smallest absolute Gasteiger partial charge is 0.307 e. The van der Waals surface area contributed by atoms with E-state index < -0.39 is 12.1 Å². The van der Waals surface area contributed by atoms with Gasteiger partial charge in [-0.3, -0.25) is 9.59 Å².